The van der Waals surface area contributed by atoms with Gasteiger partial charge in [0.25, 0.3) is 0 Å². The fraction of sp³-hybridized carbons (Fsp3) is 0.600. The standard InChI is InChI=1S/C5H9N3S2/c1-8-5(9)6-4(7-8)3-10-2/h3H2,1-2H3,(H,6,7,9). The van der Waals surface area contributed by atoms with Gasteiger partial charge in [-0.25, -0.2) is 4.98 Å². The number of nitrogens with one attached hydrogen (secondary N) is 1. The average Bonchev–Trinajstić information content (AvgIpc) is 2.14. The zero-order chi connectivity index (χ0) is 7.56. The summed E-state index contributed by atoms with van der Waals surface area (Å²) in [5.41, 5.74) is 0. The topological polar surface area (TPSA) is 33.6 Å². The molecule has 1 N–H and O–H groups in total. The highest BCUT2D eigenvalue weighted by molar-refractivity contribution is 7.97. The quantitative estimate of drug-likeness (QED) is 0.689. The van der Waals surface area contributed by atoms with Crippen molar-refractivity contribution in [3.8, 4) is 0 Å². The summed E-state index contributed by atoms with van der Waals surface area (Å²) in [4.78, 5) is 4.10. The van der Waals surface area contributed by atoms with Crippen LogP contribution in [-0.2, 0) is 12.8 Å². The Bertz CT molecular complexity index is 262. The Morgan fingerprint density at radius 2 is 2.50 bits per heavy atom. The van der Waals surface area contributed by atoms with Gasteiger partial charge in [0, 0.05) is 7.05 Å². The summed E-state index contributed by atoms with van der Waals surface area (Å²) in [5.74, 6) is 1.84. The first-order valence-electron chi connectivity index (χ1n) is 2.85. The Labute approximate surface area is 68.8 Å². The summed E-state index contributed by atoms with van der Waals surface area (Å²) in [6.45, 7) is 0. The number of rotatable bonds is 2. The smallest absolute Gasteiger partial charge is 0.215 e. The number of H-pyrrole nitrogens is 1. The van der Waals surface area contributed by atoms with Gasteiger partial charge in [-0.3, -0.25) is 9.78 Å². The summed E-state index contributed by atoms with van der Waals surface area (Å²) in [6.07, 6.45) is 2.03. The van der Waals surface area contributed by atoms with E-state index in [9.17, 15) is 0 Å². The molecule has 5 heteroatoms. The molecule has 0 aliphatic heterocycles. The van der Waals surface area contributed by atoms with Gasteiger partial charge in [0.1, 0.15) is 5.82 Å². The number of hydrogen-bond acceptors (Lipinski definition) is 3. The molecule has 0 aromatic carbocycles. The van der Waals surface area contributed by atoms with Crippen molar-refractivity contribution < 1.29 is 0 Å². The van der Waals surface area contributed by atoms with Crippen LogP contribution in [0.25, 0.3) is 0 Å². The lowest BCUT2D eigenvalue weighted by Crippen LogP contribution is -1.90. The van der Waals surface area contributed by atoms with Crippen molar-refractivity contribution >= 4 is 24.0 Å². The van der Waals surface area contributed by atoms with Crippen LogP contribution in [0.2, 0.25) is 0 Å². The van der Waals surface area contributed by atoms with E-state index in [0.717, 1.165) is 11.6 Å². The molecule has 0 fully saturated rings. The second-order valence-electron chi connectivity index (χ2n) is 1.94. The van der Waals surface area contributed by atoms with Gasteiger partial charge < -0.3 is 0 Å². The summed E-state index contributed by atoms with van der Waals surface area (Å²) < 4.78 is 2.35. The maximum Gasteiger partial charge on any atom is 0.215 e. The summed E-state index contributed by atoms with van der Waals surface area (Å²) in [7, 11) is 1.86. The van der Waals surface area contributed by atoms with E-state index in [1.54, 1.807) is 16.4 Å². The van der Waals surface area contributed by atoms with Crippen LogP contribution < -0.4 is 0 Å². The first-order valence-corrected chi connectivity index (χ1v) is 4.65. The second-order valence-corrected chi connectivity index (χ2v) is 3.18. The number of aromatic nitrogens is 3. The molecule has 0 atom stereocenters. The minimum absolute atomic E-state index is 0.615. The van der Waals surface area contributed by atoms with Crippen LogP contribution >= 0.6 is 24.0 Å². The van der Waals surface area contributed by atoms with Gasteiger partial charge in [-0.1, -0.05) is 0 Å². The maximum atomic E-state index is 4.90. The van der Waals surface area contributed by atoms with Crippen LogP contribution in [0, 0.1) is 4.77 Å². The molecule has 1 rings (SSSR count). The van der Waals surface area contributed by atoms with Crippen LogP contribution in [0.5, 0.6) is 0 Å². The van der Waals surface area contributed by atoms with Crippen molar-refractivity contribution in [1.29, 1.82) is 0 Å². The van der Waals surface area contributed by atoms with E-state index in [0.29, 0.717) is 4.77 Å². The van der Waals surface area contributed by atoms with Gasteiger partial charge in [0.15, 0.2) is 0 Å². The van der Waals surface area contributed by atoms with Crippen LogP contribution in [0.15, 0.2) is 0 Å². The molecule has 1 aromatic heterocycles. The molecule has 56 valence electrons. The van der Waals surface area contributed by atoms with E-state index in [1.165, 1.54) is 0 Å². The number of hydrogen-bond donors (Lipinski definition) is 1. The van der Waals surface area contributed by atoms with E-state index in [2.05, 4.69) is 10.1 Å². The SMILES string of the molecule is CSCc1nc(=S)n(C)[nH]1. The molecule has 0 radical (unpaired) electrons. The third-order valence-electron chi connectivity index (χ3n) is 1.10. The van der Waals surface area contributed by atoms with E-state index >= 15 is 0 Å². The number of aryl methyl sites for hydroxylation is 1. The summed E-state index contributed by atoms with van der Waals surface area (Å²) in [6, 6.07) is 0. The third kappa shape index (κ3) is 1.60. The molecule has 0 amide bonds. The minimum atomic E-state index is 0.615. The Morgan fingerprint density at radius 1 is 1.80 bits per heavy atom. The molecular formula is C5H9N3S2. The predicted octanol–water partition coefficient (Wildman–Crippen LogP) is 1.34. The van der Waals surface area contributed by atoms with Crippen LogP contribution in [0.3, 0.4) is 0 Å². The lowest BCUT2D eigenvalue weighted by Gasteiger charge is -1.88. The highest BCUT2D eigenvalue weighted by Gasteiger charge is 1.95. The fourth-order valence-corrected chi connectivity index (χ4v) is 1.22. The second kappa shape index (κ2) is 3.21. The fourth-order valence-electron chi connectivity index (χ4n) is 0.658. The third-order valence-corrected chi connectivity index (χ3v) is 2.02. The predicted molar refractivity (Wildman–Crippen MR) is 45.6 cm³/mol. The molecule has 3 nitrogen and oxygen atoms in total. The van der Waals surface area contributed by atoms with E-state index in [1.807, 2.05) is 13.3 Å². The zero-order valence-electron chi connectivity index (χ0n) is 5.92. The van der Waals surface area contributed by atoms with E-state index in [4.69, 9.17) is 12.2 Å². The van der Waals surface area contributed by atoms with E-state index < -0.39 is 0 Å². The number of aromatic amines is 1. The monoisotopic (exact) mass is 175 g/mol. The molecule has 0 aliphatic carbocycles. The van der Waals surface area contributed by atoms with Crippen LogP contribution in [0.4, 0.5) is 0 Å². The summed E-state index contributed by atoms with van der Waals surface area (Å²) >= 11 is 6.62. The first kappa shape index (κ1) is 7.81. The molecule has 0 bridgehead atoms. The molecule has 1 heterocycles. The van der Waals surface area contributed by atoms with Crippen LogP contribution in [-0.4, -0.2) is 21.0 Å². The van der Waals surface area contributed by atoms with Crippen molar-refractivity contribution in [3.05, 3.63) is 10.6 Å². The van der Waals surface area contributed by atoms with Gasteiger partial charge in [-0.15, -0.1) is 0 Å². The largest absolute Gasteiger partial charge is 0.283 e. The molecule has 0 aliphatic rings. The number of thioether (sulfide) groups is 1. The van der Waals surface area contributed by atoms with Gasteiger partial charge >= 0.3 is 0 Å². The zero-order valence-corrected chi connectivity index (χ0v) is 7.55. The number of nitrogens with zero attached hydrogens (tertiary/aromatic N) is 2. The first-order chi connectivity index (χ1) is 4.74. The van der Waals surface area contributed by atoms with Crippen molar-refractivity contribution in [2.75, 3.05) is 6.26 Å². The van der Waals surface area contributed by atoms with Gasteiger partial charge in [-0.05, 0) is 18.5 Å². The summed E-state index contributed by atoms with van der Waals surface area (Å²) in [5, 5.41) is 3.03. The molecule has 10 heavy (non-hydrogen) atoms. The van der Waals surface area contributed by atoms with Gasteiger partial charge in [0.2, 0.25) is 4.77 Å². The van der Waals surface area contributed by atoms with Gasteiger partial charge in [-0.2, -0.15) is 11.8 Å². The van der Waals surface area contributed by atoms with Crippen molar-refractivity contribution in [3.63, 3.8) is 0 Å². The maximum absolute atomic E-state index is 4.90. The molecule has 0 unspecified atom stereocenters. The van der Waals surface area contributed by atoms with Gasteiger partial charge in [0.05, 0.1) is 5.75 Å². The van der Waals surface area contributed by atoms with Crippen LogP contribution in [0.1, 0.15) is 5.82 Å². The molecule has 0 saturated carbocycles. The minimum Gasteiger partial charge on any atom is -0.283 e. The molecular weight excluding hydrogens is 166 g/mol. The molecule has 0 saturated heterocycles. The van der Waals surface area contributed by atoms with Crippen molar-refractivity contribution in [2.24, 2.45) is 7.05 Å². The van der Waals surface area contributed by atoms with E-state index in [-0.39, 0.29) is 0 Å². The molecule has 1 aromatic rings. The van der Waals surface area contributed by atoms with Crippen molar-refractivity contribution in [1.82, 2.24) is 14.8 Å². The Hall–Kier alpha value is -0.290. The molecule has 0 spiro atoms. The highest BCUT2D eigenvalue weighted by atomic mass is 32.2. The Kier molecular flexibility index (Phi) is 2.50. The normalized spacial score (nSPS) is 10.2. The Balaban J connectivity index is 2.88. The average molecular weight is 175 g/mol. The Morgan fingerprint density at radius 3 is 2.90 bits per heavy atom. The van der Waals surface area contributed by atoms with Crippen molar-refractivity contribution in [2.45, 2.75) is 5.75 Å². The lowest BCUT2D eigenvalue weighted by molar-refractivity contribution is 0.744. The lowest BCUT2D eigenvalue weighted by atomic mass is 10.7. The highest BCUT2D eigenvalue weighted by Crippen LogP contribution is 2.02.